The fourth-order valence-electron chi connectivity index (χ4n) is 2.46. The molecule has 2 aliphatic heterocycles. The molecule has 0 N–H and O–H groups in total. The van der Waals surface area contributed by atoms with Crippen LogP contribution in [0.2, 0.25) is 0 Å². The van der Waals surface area contributed by atoms with E-state index in [0.717, 1.165) is 34.8 Å². The predicted molar refractivity (Wildman–Crippen MR) is 106 cm³/mol. The van der Waals surface area contributed by atoms with E-state index in [1.54, 1.807) is 11.3 Å². The molecule has 0 radical (unpaired) electrons. The molecule has 0 aliphatic carbocycles. The predicted octanol–water partition coefficient (Wildman–Crippen LogP) is 5.29. The van der Waals surface area contributed by atoms with Crippen LogP contribution in [0.4, 0.5) is 0 Å². The van der Waals surface area contributed by atoms with Gasteiger partial charge in [-0.15, -0.1) is 22.7 Å². The lowest BCUT2D eigenvalue weighted by Gasteiger charge is -2.06. The second kappa shape index (κ2) is 10.9. The summed E-state index contributed by atoms with van der Waals surface area (Å²) in [5.74, 6) is 0. The monoisotopic (exact) mass is 400 g/mol. The summed E-state index contributed by atoms with van der Waals surface area (Å²) in [7, 11) is 0. The first-order valence-electron chi connectivity index (χ1n) is 7.75. The Kier molecular flexibility index (Phi) is 9.63. The van der Waals surface area contributed by atoms with Crippen molar-refractivity contribution in [1.29, 1.82) is 0 Å². The van der Waals surface area contributed by atoms with Crippen LogP contribution in [0.1, 0.15) is 58.0 Å². The number of carbonyl (C=O) groups is 1. The van der Waals surface area contributed by atoms with E-state index in [1.165, 1.54) is 21.8 Å². The number of ether oxygens (including phenoxy) is 4. The zero-order valence-electron chi connectivity index (χ0n) is 13.7. The third kappa shape index (κ3) is 5.45. The van der Waals surface area contributed by atoms with Gasteiger partial charge in [0.15, 0.2) is 18.9 Å². The fraction of sp³-hybridized carbons (Fsp3) is 0.526. The maximum Gasteiger partial charge on any atom is 0.193 e. The van der Waals surface area contributed by atoms with E-state index in [-0.39, 0.29) is 27.4 Å². The summed E-state index contributed by atoms with van der Waals surface area (Å²) in [5.41, 5.74) is 2.33. The number of carbonyl (C=O) groups excluding carboxylic acids is 1. The summed E-state index contributed by atoms with van der Waals surface area (Å²) in [6.07, 6.45) is 0.518. The summed E-state index contributed by atoms with van der Waals surface area (Å²) >= 11 is 3.14. The van der Waals surface area contributed by atoms with Gasteiger partial charge in [-0.3, -0.25) is 4.79 Å². The normalized spacial score (nSPS) is 17.2. The standard InChI is InChI=1S/C9H10O3S.C8H10O2S.2CH4/c1-6-4-7(5-10)13-8(6)9-11-2-3-12-9;1-6-2-5-11-7(6)8-9-3-4-10-8;;/h4-5,9H,2-3H2,1H3;2,5,8H,3-4H2,1H3;2*1H4. The van der Waals surface area contributed by atoms with Crippen LogP contribution in [0.15, 0.2) is 17.5 Å². The van der Waals surface area contributed by atoms with Crippen LogP contribution in [0.3, 0.4) is 0 Å². The number of aldehydes is 1. The SMILES string of the molecule is C.C.Cc1cc(C=O)sc1C1OCCO1.Cc1ccsc1C1OCCO1. The van der Waals surface area contributed by atoms with Gasteiger partial charge in [-0.25, -0.2) is 0 Å². The molecule has 2 fully saturated rings. The van der Waals surface area contributed by atoms with E-state index < -0.39 is 0 Å². The van der Waals surface area contributed by atoms with Gasteiger partial charge in [0.2, 0.25) is 0 Å². The van der Waals surface area contributed by atoms with Crippen LogP contribution in [0.25, 0.3) is 0 Å². The third-order valence-corrected chi connectivity index (χ3v) is 5.89. The van der Waals surface area contributed by atoms with Crippen molar-refractivity contribution in [3.05, 3.63) is 43.3 Å². The van der Waals surface area contributed by atoms with E-state index in [9.17, 15) is 4.79 Å². The molecular weight excluding hydrogens is 372 g/mol. The highest BCUT2D eigenvalue weighted by Crippen LogP contribution is 2.32. The molecule has 7 heteroatoms. The molecule has 2 aliphatic rings. The molecule has 0 aromatic carbocycles. The van der Waals surface area contributed by atoms with Crippen molar-refractivity contribution in [3.8, 4) is 0 Å². The van der Waals surface area contributed by atoms with Crippen molar-refractivity contribution < 1.29 is 23.7 Å². The average Bonchev–Trinajstić information content (AvgIpc) is 3.35. The van der Waals surface area contributed by atoms with Crippen LogP contribution in [-0.2, 0) is 18.9 Å². The summed E-state index contributed by atoms with van der Waals surface area (Å²) in [6, 6.07) is 3.95. The van der Waals surface area contributed by atoms with E-state index in [4.69, 9.17) is 18.9 Å². The number of hydrogen-bond acceptors (Lipinski definition) is 7. The van der Waals surface area contributed by atoms with Crippen molar-refractivity contribution >= 4 is 29.0 Å². The molecule has 2 aromatic rings. The van der Waals surface area contributed by atoms with Crippen LogP contribution >= 0.6 is 22.7 Å². The molecule has 0 bridgehead atoms. The lowest BCUT2D eigenvalue weighted by Crippen LogP contribution is -1.95. The van der Waals surface area contributed by atoms with Gasteiger partial charge in [-0.2, -0.15) is 0 Å². The Morgan fingerprint density at radius 3 is 1.88 bits per heavy atom. The molecule has 0 atom stereocenters. The lowest BCUT2D eigenvalue weighted by atomic mass is 10.2. The largest absolute Gasteiger partial charge is 0.345 e. The Morgan fingerprint density at radius 2 is 1.46 bits per heavy atom. The molecule has 0 unspecified atom stereocenters. The van der Waals surface area contributed by atoms with Crippen molar-refractivity contribution in [3.63, 3.8) is 0 Å². The second-order valence-corrected chi connectivity index (χ2v) is 7.49. The van der Waals surface area contributed by atoms with Crippen LogP contribution in [0.5, 0.6) is 0 Å². The molecule has 146 valence electrons. The van der Waals surface area contributed by atoms with E-state index in [2.05, 4.69) is 18.4 Å². The second-order valence-electron chi connectivity index (χ2n) is 5.43. The van der Waals surface area contributed by atoms with Crippen LogP contribution in [0, 0.1) is 13.8 Å². The molecule has 0 spiro atoms. The van der Waals surface area contributed by atoms with Crippen LogP contribution < -0.4 is 0 Å². The Labute approximate surface area is 163 Å². The molecule has 5 nitrogen and oxygen atoms in total. The van der Waals surface area contributed by atoms with E-state index in [0.29, 0.717) is 13.2 Å². The Hall–Kier alpha value is -1.09. The van der Waals surface area contributed by atoms with Gasteiger partial charge < -0.3 is 18.9 Å². The van der Waals surface area contributed by atoms with Gasteiger partial charge in [-0.05, 0) is 42.5 Å². The molecule has 0 saturated carbocycles. The number of hydrogen-bond donors (Lipinski definition) is 0. The average molecular weight is 401 g/mol. The summed E-state index contributed by atoms with van der Waals surface area (Å²) in [6.45, 7) is 6.77. The Morgan fingerprint density at radius 1 is 0.923 bits per heavy atom. The van der Waals surface area contributed by atoms with Gasteiger partial charge in [0, 0.05) is 0 Å². The molecular formula is C19H28O5S2. The van der Waals surface area contributed by atoms with Crippen molar-refractivity contribution in [2.24, 2.45) is 0 Å². The summed E-state index contributed by atoms with van der Waals surface area (Å²) in [4.78, 5) is 13.5. The zero-order valence-corrected chi connectivity index (χ0v) is 15.3. The van der Waals surface area contributed by atoms with Gasteiger partial charge >= 0.3 is 0 Å². The molecule has 2 saturated heterocycles. The molecule has 4 heterocycles. The van der Waals surface area contributed by atoms with E-state index in [1.807, 2.05) is 13.0 Å². The zero-order chi connectivity index (χ0) is 16.9. The number of aryl methyl sites for hydroxylation is 2. The Balaban J connectivity index is 0.000000244. The minimum Gasteiger partial charge on any atom is -0.345 e. The first-order valence-corrected chi connectivity index (χ1v) is 9.44. The topological polar surface area (TPSA) is 54.0 Å². The number of rotatable bonds is 3. The highest BCUT2D eigenvalue weighted by molar-refractivity contribution is 7.13. The number of thiophene rings is 2. The molecule has 4 rings (SSSR count). The maximum absolute atomic E-state index is 10.5. The summed E-state index contributed by atoms with van der Waals surface area (Å²) < 4.78 is 21.4. The molecule has 0 amide bonds. The lowest BCUT2D eigenvalue weighted by molar-refractivity contribution is -0.0419. The third-order valence-electron chi connectivity index (χ3n) is 3.66. The van der Waals surface area contributed by atoms with Crippen molar-refractivity contribution in [1.82, 2.24) is 0 Å². The molecule has 2 aromatic heterocycles. The highest BCUT2D eigenvalue weighted by atomic mass is 32.1. The quantitative estimate of drug-likeness (QED) is 0.655. The first-order chi connectivity index (χ1) is 11.7. The maximum atomic E-state index is 10.5. The smallest absolute Gasteiger partial charge is 0.193 e. The van der Waals surface area contributed by atoms with Gasteiger partial charge in [0.25, 0.3) is 0 Å². The summed E-state index contributed by atoms with van der Waals surface area (Å²) in [5, 5.41) is 2.07. The fourth-order valence-corrected chi connectivity index (χ4v) is 4.37. The van der Waals surface area contributed by atoms with E-state index >= 15 is 0 Å². The highest BCUT2D eigenvalue weighted by Gasteiger charge is 2.22. The van der Waals surface area contributed by atoms with Gasteiger partial charge in [0.05, 0.1) is 41.1 Å². The minimum absolute atomic E-state index is 0. The van der Waals surface area contributed by atoms with Gasteiger partial charge in [0.1, 0.15) is 0 Å². The minimum atomic E-state index is -0.251. The van der Waals surface area contributed by atoms with Crippen LogP contribution in [-0.4, -0.2) is 32.7 Å². The first kappa shape index (κ1) is 23.0. The van der Waals surface area contributed by atoms with Gasteiger partial charge in [-0.1, -0.05) is 14.9 Å². The molecule has 26 heavy (non-hydrogen) atoms. The van der Waals surface area contributed by atoms with Crippen molar-refractivity contribution in [2.45, 2.75) is 41.3 Å². The van der Waals surface area contributed by atoms with Crippen molar-refractivity contribution in [2.75, 3.05) is 26.4 Å². The Bertz CT molecular complexity index is 667.